The summed E-state index contributed by atoms with van der Waals surface area (Å²) < 4.78 is 14.4. The Labute approximate surface area is 136 Å². The topological polar surface area (TPSA) is 51.6 Å². The molecule has 0 aromatic carbocycles. The van der Waals surface area contributed by atoms with Crippen LogP contribution in [0.3, 0.4) is 0 Å². The molecule has 3 aromatic heterocycles. The van der Waals surface area contributed by atoms with Crippen molar-refractivity contribution in [3.05, 3.63) is 34.1 Å². The highest BCUT2D eigenvalue weighted by Gasteiger charge is 2.18. The van der Waals surface area contributed by atoms with Crippen LogP contribution >= 0.6 is 23.1 Å². The third-order valence-corrected chi connectivity index (χ3v) is 5.53. The van der Waals surface area contributed by atoms with Crippen molar-refractivity contribution >= 4 is 33.3 Å². The molecular weight excluding hydrogens is 319 g/mol. The second kappa shape index (κ2) is 5.89. The minimum Gasteiger partial charge on any atom is -0.238 e. The van der Waals surface area contributed by atoms with Crippen LogP contribution in [0.5, 0.6) is 0 Å². The van der Waals surface area contributed by atoms with Gasteiger partial charge in [0.25, 0.3) is 0 Å². The predicted molar refractivity (Wildman–Crippen MR) is 87.1 cm³/mol. The van der Waals surface area contributed by atoms with Gasteiger partial charge in [0.1, 0.15) is 27.0 Å². The van der Waals surface area contributed by atoms with Crippen LogP contribution in [0.1, 0.15) is 28.9 Å². The largest absolute Gasteiger partial charge is 0.238 e. The molecule has 3 aromatic rings. The van der Waals surface area contributed by atoms with Gasteiger partial charge in [-0.1, -0.05) is 6.92 Å². The van der Waals surface area contributed by atoms with E-state index in [0.29, 0.717) is 23.0 Å². The van der Waals surface area contributed by atoms with Crippen molar-refractivity contribution in [3.8, 4) is 0 Å². The summed E-state index contributed by atoms with van der Waals surface area (Å²) in [5.74, 6) is 0.324. The number of aromatic nitrogens is 4. The number of nitrogens with zero attached hydrogens (tertiary/aromatic N) is 4. The fraction of sp³-hybridized carbons (Fsp3) is 0.333. The van der Waals surface area contributed by atoms with Gasteiger partial charge in [-0.05, 0) is 44.5 Å². The van der Waals surface area contributed by atoms with E-state index in [0.717, 1.165) is 20.8 Å². The van der Waals surface area contributed by atoms with E-state index in [1.165, 1.54) is 23.0 Å². The van der Waals surface area contributed by atoms with E-state index in [-0.39, 0.29) is 5.82 Å². The molecule has 4 nitrogen and oxygen atoms in total. The third kappa shape index (κ3) is 2.59. The van der Waals surface area contributed by atoms with Crippen molar-refractivity contribution in [2.24, 2.45) is 0 Å². The zero-order valence-electron chi connectivity index (χ0n) is 12.8. The molecule has 0 atom stereocenters. The maximum absolute atomic E-state index is 14.4. The summed E-state index contributed by atoms with van der Waals surface area (Å²) in [5, 5.41) is 2.06. The van der Waals surface area contributed by atoms with Gasteiger partial charge in [-0.2, -0.15) is 0 Å². The lowest BCUT2D eigenvalue weighted by Gasteiger charge is -2.06. The van der Waals surface area contributed by atoms with Gasteiger partial charge < -0.3 is 0 Å². The zero-order chi connectivity index (χ0) is 15.9. The summed E-state index contributed by atoms with van der Waals surface area (Å²) in [4.78, 5) is 19.2. The van der Waals surface area contributed by atoms with Gasteiger partial charge in [-0.3, -0.25) is 0 Å². The lowest BCUT2D eigenvalue weighted by molar-refractivity contribution is 0.559. The number of thiophene rings is 1. The van der Waals surface area contributed by atoms with E-state index >= 15 is 0 Å². The summed E-state index contributed by atoms with van der Waals surface area (Å²) in [7, 11) is 0. The minimum atomic E-state index is -0.357. The van der Waals surface area contributed by atoms with Crippen LogP contribution in [0.2, 0.25) is 0 Å². The fourth-order valence-electron chi connectivity index (χ4n) is 2.19. The van der Waals surface area contributed by atoms with E-state index in [1.54, 1.807) is 11.3 Å². The van der Waals surface area contributed by atoms with E-state index < -0.39 is 0 Å². The van der Waals surface area contributed by atoms with Gasteiger partial charge in [0.05, 0.1) is 5.69 Å². The quantitative estimate of drug-likeness (QED) is 0.670. The molecule has 0 amide bonds. The van der Waals surface area contributed by atoms with Crippen LogP contribution in [0.25, 0.3) is 10.2 Å². The van der Waals surface area contributed by atoms with Gasteiger partial charge in [0, 0.05) is 10.3 Å². The van der Waals surface area contributed by atoms with Crippen molar-refractivity contribution in [2.75, 3.05) is 0 Å². The van der Waals surface area contributed by atoms with Crippen LogP contribution in [0.15, 0.2) is 16.4 Å². The highest BCUT2D eigenvalue weighted by Crippen LogP contribution is 2.38. The number of fused-ring (bicyclic) bond motifs is 1. The number of aryl methyl sites for hydroxylation is 4. The monoisotopic (exact) mass is 334 g/mol. The molecule has 0 N–H and O–H groups in total. The standard InChI is InChI=1S/C15H15FN4S2/c1-5-10-12(16)15(18-6-17-10)22-14-11-7(2)8(3)21-13(11)19-9(4)20-14/h6H,5H2,1-4H3. The van der Waals surface area contributed by atoms with Crippen molar-refractivity contribution in [1.82, 2.24) is 19.9 Å². The third-order valence-electron chi connectivity index (χ3n) is 3.47. The average Bonchev–Trinajstić information content (AvgIpc) is 2.76. The fourth-order valence-corrected chi connectivity index (χ4v) is 4.34. The molecule has 0 aliphatic heterocycles. The van der Waals surface area contributed by atoms with Crippen LogP contribution in [-0.2, 0) is 6.42 Å². The van der Waals surface area contributed by atoms with Gasteiger partial charge >= 0.3 is 0 Å². The van der Waals surface area contributed by atoms with Gasteiger partial charge in [0.2, 0.25) is 0 Å². The summed E-state index contributed by atoms with van der Waals surface area (Å²) in [5.41, 5.74) is 1.57. The molecule has 3 heterocycles. The molecule has 0 bridgehead atoms. The Morgan fingerprint density at radius 1 is 1.14 bits per heavy atom. The summed E-state index contributed by atoms with van der Waals surface area (Å²) >= 11 is 2.88. The Balaban J connectivity index is 2.15. The van der Waals surface area contributed by atoms with E-state index in [4.69, 9.17) is 0 Å². The second-order valence-electron chi connectivity index (χ2n) is 4.93. The highest BCUT2D eigenvalue weighted by atomic mass is 32.2. The lowest BCUT2D eigenvalue weighted by Crippen LogP contribution is -1.99. The van der Waals surface area contributed by atoms with Crippen LogP contribution < -0.4 is 0 Å². The average molecular weight is 334 g/mol. The molecule has 22 heavy (non-hydrogen) atoms. The first-order valence-corrected chi connectivity index (χ1v) is 8.56. The van der Waals surface area contributed by atoms with Crippen molar-refractivity contribution in [1.29, 1.82) is 0 Å². The molecule has 0 unspecified atom stereocenters. The number of rotatable bonds is 3. The van der Waals surface area contributed by atoms with E-state index in [2.05, 4.69) is 26.9 Å². The van der Waals surface area contributed by atoms with E-state index in [1.807, 2.05) is 20.8 Å². The van der Waals surface area contributed by atoms with E-state index in [9.17, 15) is 4.39 Å². The van der Waals surface area contributed by atoms with Crippen LogP contribution in [0.4, 0.5) is 4.39 Å². The summed E-state index contributed by atoms with van der Waals surface area (Å²) in [6, 6.07) is 0. The van der Waals surface area contributed by atoms with Gasteiger partial charge in [-0.15, -0.1) is 11.3 Å². The number of hydrogen-bond donors (Lipinski definition) is 0. The minimum absolute atomic E-state index is 0.314. The summed E-state index contributed by atoms with van der Waals surface area (Å²) in [6.07, 6.45) is 1.94. The SMILES string of the molecule is CCc1ncnc(Sc2nc(C)nc3sc(C)c(C)c23)c1F. The van der Waals surface area contributed by atoms with Crippen molar-refractivity contribution in [3.63, 3.8) is 0 Å². The first-order chi connectivity index (χ1) is 10.5. The van der Waals surface area contributed by atoms with Crippen molar-refractivity contribution < 1.29 is 4.39 Å². The van der Waals surface area contributed by atoms with Gasteiger partial charge in [0.15, 0.2) is 5.82 Å². The maximum atomic E-state index is 14.4. The molecule has 7 heteroatoms. The van der Waals surface area contributed by atoms with Crippen molar-refractivity contribution in [2.45, 2.75) is 44.2 Å². The van der Waals surface area contributed by atoms with Gasteiger partial charge in [-0.25, -0.2) is 24.3 Å². The molecule has 0 fully saturated rings. The molecule has 114 valence electrons. The maximum Gasteiger partial charge on any atom is 0.177 e. The Kier molecular flexibility index (Phi) is 4.10. The van der Waals surface area contributed by atoms with Crippen LogP contribution in [-0.4, -0.2) is 19.9 Å². The second-order valence-corrected chi connectivity index (χ2v) is 7.12. The Morgan fingerprint density at radius 2 is 1.91 bits per heavy atom. The molecule has 0 saturated heterocycles. The lowest BCUT2D eigenvalue weighted by atomic mass is 10.2. The number of hydrogen-bond acceptors (Lipinski definition) is 6. The molecule has 0 radical (unpaired) electrons. The molecule has 0 aliphatic carbocycles. The molecular formula is C15H15FN4S2. The van der Waals surface area contributed by atoms with Crippen LogP contribution in [0, 0.1) is 26.6 Å². The summed E-state index contributed by atoms with van der Waals surface area (Å²) in [6.45, 7) is 7.83. The number of halogens is 1. The Hall–Kier alpha value is -1.60. The molecule has 0 spiro atoms. The smallest absolute Gasteiger partial charge is 0.177 e. The Bertz CT molecular complexity index is 860. The predicted octanol–water partition coefficient (Wildman–Crippen LogP) is 4.26. The molecule has 3 rings (SSSR count). The first kappa shape index (κ1) is 15.3. The molecule has 0 saturated carbocycles. The highest BCUT2D eigenvalue weighted by molar-refractivity contribution is 7.99. The normalized spacial score (nSPS) is 11.3. The first-order valence-electron chi connectivity index (χ1n) is 6.92. The zero-order valence-corrected chi connectivity index (χ0v) is 14.4. The Morgan fingerprint density at radius 3 is 2.64 bits per heavy atom. The molecule has 0 aliphatic rings.